The van der Waals surface area contributed by atoms with Crippen molar-refractivity contribution < 1.29 is 27.6 Å². The van der Waals surface area contributed by atoms with Crippen LogP contribution in [0, 0.1) is 0 Å². The Morgan fingerprint density at radius 1 is 1.41 bits per heavy atom. The molecule has 0 aliphatic carbocycles. The summed E-state index contributed by atoms with van der Waals surface area (Å²) in [7, 11) is -4.30. The standard InChI is InChI=1S/C8H9BrO6S2/c9-4-3-6-1-2-7(16-15-14-10)5-8(6)17(11,12)13/h1-2,5,10H,3-4H2,(H,11,12,13). The van der Waals surface area contributed by atoms with Crippen molar-refractivity contribution in [3.63, 3.8) is 0 Å². The van der Waals surface area contributed by atoms with Gasteiger partial charge in [0.25, 0.3) is 10.1 Å². The van der Waals surface area contributed by atoms with E-state index in [1.807, 2.05) is 0 Å². The van der Waals surface area contributed by atoms with E-state index < -0.39 is 10.1 Å². The zero-order chi connectivity index (χ0) is 12.9. The van der Waals surface area contributed by atoms with Gasteiger partial charge >= 0.3 is 0 Å². The van der Waals surface area contributed by atoms with E-state index in [0.29, 0.717) is 34.3 Å². The first-order valence-corrected chi connectivity index (χ1v) is 7.60. The number of alkyl halides is 1. The number of rotatable bonds is 6. The Morgan fingerprint density at radius 2 is 2.12 bits per heavy atom. The minimum Gasteiger partial charge on any atom is -0.282 e. The lowest BCUT2D eigenvalue weighted by Gasteiger charge is -2.07. The van der Waals surface area contributed by atoms with Gasteiger partial charge in [-0.05, 0) is 24.1 Å². The SMILES string of the molecule is O=S(=O)(O)c1cc(SOOO)ccc1CCBr. The van der Waals surface area contributed by atoms with Crippen molar-refractivity contribution in [3.05, 3.63) is 23.8 Å². The largest absolute Gasteiger partial charge is 0.294 e. The highest BCUT2D eigenvalue weighted by Crippen LogP contribution is 2.25. The van der Waals surface area contributed by atoms with E-state index in [2.05, 4.69) is 25.3 Å². The Kier molecular flexibility index (Phi) is 5.86. The molecule has 1 aromatic carbocycles. The molecule has 1 rings (SSSR count). The number of hydrogen-bond donors (Lipinski definition) is 2. The second kappa shape index (κ2) is 6.69. The summed E-state index contributed by atoms with van der Waals surface area (Å²) in [4.78, 5) is 0.175. The van der Waals surface area contributed by atoms with Crippen molar-refractivity contribution in [1.82, 2.24) is 0 Å². The fourth-order valence-corrected chi connectivity index (χ4v) is 2.87. The molecule has 0 aliphatic rings. The molecule has 17 heavy (non-hydrogen) atoms. The van der Waals surface area contributed by atoms with Crippen LogP contribution in [0.5, 0.6) is 0 Å². The molecule has 0 saturated heterocycles. The van der Waals surface area contributed by atoms with Crippen LogP contribution in [-0.4, -0.2) is 23.6 Å². The molecule has 0 amide bonds. The fraction of sp³-hybridized carbons (Fsp3) is 0.250. The van der Waals surface area contributed by atoms with Crippen LogP contribution in [-0.2, 0) is 25.9 Å². The van der Waals surface area contributed by atoms with Gasteiger partial charge in [0, 0.05) is 10.2 Å². The predicted molar refractivity (Wildman–Crippen MR) is 64.4 cm³/mol. The van der Waals surface area contributed by atoms with Gasteiger partial charge in [0.1, 0.15) is 0 Å². The van der Waals surface area contributed by atoms with E-state index >= 15 is 0 Å². The topological polar surface area (TPSA) is 93.1 Å². The average Bonchev–Trinajstić information content (AvgIpc) is 2.26. The normalized spacial score (nSPS) is 11.7. The fourth-order valence-electron chi connectivity index (χ4n) is 1.19. The maximum Gasteiger partial charge on any atom is 0.294 e. The number of hydrogen-bond acceptors (Lipinski definition) is 6. The molecular formula is C8H9BrO6S2. The van der Waals surface area contributed by atoms with Crippen molar-refractivity contribution in [2.45, 2.75) is 16.2 Å². The molecular weight excluding hydrogens is 336 g/mol. The summed E-state index contributed by atoms with van der Waals surface area (Å²) in [6, 6.07) is 4.36. The Balaban J connectivity index is 3.11. The Hall–Kier alpha value is -0.160. The van der Waals surface area contributed by atoms with E-state index in [1.165, 1.54) is 6.07 Å². The molecule has 2 N–H and O–H groups in total. The molecule has 0 atom stereocenters. The summed E-state index contributed by atoms with van der Waals surface area (Å²) >= 11 is 3.81. The first-order valence-electron chi connectivity index (χ1n) is 4.30. The van der Waals surface area contributed by atoms with Crippen LogP contribution in [0.1, 0.15) is 5.56 Å². The minimum absolute atomic E-state index is 0.191. The van der Waals surface area contributed by atoms with Crippen LogP contribution in [0.3, 0.4) is 0 Å². The maximum atomic E-state index is 11.2. The Bertz CT molecular complexity index is 475. The highest BCUT2D eigenvalue weighted by Gasteiger charge is 2.16. The van der Waals surface area contributed by atoms with E-state index in [4.69, 9.17) is 9.81 Å². The third-order valence-electron chi connectivity index (χ3n) is 1.84. The number of aryl methyl sites for hydroxylation is 1. The van der Waals surface area contributed by atoms with Crippen LogP contribution in [0.4, 0.5) is 0 Å². The maximum absolute atomic E-state index is 11.2. The Labute approximate surface area is 111 Å². The van der Waals surface area contributed by atoms with E-state index in [9.17, 15) is 8.42 Å². The summed E-state index contributed by atoms with van der Waals surface area (Å²) in [5, 5.41) is 11.9. The molecule has 0 aliphatic heterocycles. The van der Waals surface area contributed by atoms with Gasteiger partial charge < -0.3 is 0 Å². The molecule has 0 heterocycles. The van der Waals surface area contributed by atoms with Crippen molar-refractivity contribution in [2.75, 3.05) is 5.33 Å². The summed E-state index contributed by atoms with van der Waals surface area (Å²) in [5.41, 5.74) is 0.485. The third kappa shape index (κ3) is 4.54. The highest BCUT2D eigenvalue weighted by molar-refractivity contribution is 9.09. The van der Waals surface area contributed by atoms with Gasteiger partial charge in [0.05, 0.1) is 16.9 Å². The molecule has 1 aromatic rings. The number of benzene rings is 1. The molecule has 0 radical (unpaired) electrons. The smallest absolute Gasteiger partial charge is 0.282 e. The lowest BCUT2D eigenvalue weighted by Crippen LogP contribution is -2.04. The second-order valence-corrected chi connectivity index (χ2v) is 5.87. The lowest BCUT2D eigenvalue weighted by atomic mass is 10.2. The Morgan fingerprint density at radius 3 is 2.65 bits per heavy atom. The molecule has 0 unspecified atom stereocenters. The average molecular weight is 345 g/mol. The third-order valence-corrected chi connectivity index (χ3v) is 3.75. The van der Waals surface area contributed by atoms with Crippen LogP contribution in [0.25, 0.3) is 0 Å². The molecule has 0 bridgehead atoms. The van der Waals surface area contributed by atoms with Gasteiger partial charge in [-0.3, -0.25) is 4.55 Å². The zero-order valence-corrected chi connectivity index (χ0v) is 11.6. The van der Waals surface area contributed by atoms with Crippen molar-refractivity contribution in [1.29, 1.82) is 0 Å². The molecule has 6 nitrogen and oxygen atoms in total. The van der Waals surface area contributed by atoms with Gasteiger partial charge in [0.2, 0.25) is 0 Å². The van der Waals surface area contributed by atoms with Crippen LogP contribution in [0.2, 0.25) is 0 Å². The monoisotopic (exact) mass is 344 g/mol. The predicted octanol–water partition coefficient (Wildman–Crippen LogP) is 2.30. The molecule has 0 fully saturated rings. The minimum atomic E-state index is -4.30. The molecule has 0 saturated carbocycles. The summed E-state index contributed by atoms with van der Waals surface area (Å²) < 4.78 is 35.6. The number of halogens is 1. The van der Waals surface area contributed by atoms with E-state index in [-0.39, 0.29) is 4.90 Å². The summed E-state index contributed by atoms with van der Waals surface area (Å²) in [6.07, 6.45) is 0.456. The van der Waals surface area contributed by atoms with Gasteiger partial charge in [-0.15, -0.1) is 4.33 Å². The van der Waals surface area contributed by atoms with Crippen molar-refractivity contribution >= 4 is 38.1 Å². The van der Waals surface area contributed by atoms with Gasteiger partial charge in [-0.25, -0.2) is 5.26 Å². The second-order valence-electron chi connectivity index (χ2n) is 2.91. The first-order chi connectivity index (χ1) is 7.99. The summed E-state index contributed by atoms with van der Waals surface area (Å²) in [5.74, 6) is 0. The van der Waals surface area contributed by atoms with E-state index in [0.717, 1.165) is 0 Å². The molecule has 96 valence electrons. The molecule has 0 spiro atoms. The molecule has 9 heteroatoms. The van der Waals surface area contributed by atoms with Crippen LogP contribution < -0.4 is 0 Å². The van der Waals surface area contributed by atoms with Crippen LogP contribution in [0.15, 0.2) is 28.0 Å². The highest BCUT2D eigenvalue weighted by atomic mass is 79.9. The van der Waals surface area contributed by atoms with Crippen molar-refractivity contribution in [2.24, 2.45) is 0 Å². The van der Waals surface area contributed by atoms with Crippen molar-refractivity contribution in [3.8, 4) is 0 Å². The lowest BCUT2D eigenvalue weighted by molar-refractivity contribution is -0.432. The van der Waals surface area contributed by atoms with Gasteiger partial charge in [0.15, 0.2) is 0 Å². The summed E-state index contributed by atoms with van der Waals surface area (Å²) in [6.45, 7) is 0. The first kappa shape index (κ1) is 14.9. The molecule has 0 aromatic heterocycles. The van der Waals surface area contributed by atoms with Gasteiger partial charge in [-0.1, -0.05) is 27.0 Å². The quantitative estimate of drug-likeness (QED) is 0.269. The van der Waals surface area contributed by atoms with Gasteiger partial charge in [-0.2, -0.15) is 8.42 Å². The zero-order valence-electron chi connectivity index (χ0n) is 8.37. The van der Waals surface area contributed by atoms with E-state index in [1.54, 1.807) is 12.1 Å². The van der Waals surface area contributed by atoms with Crippen LogP contribution >= 0.6 is 28.0 Å².